The third-order valence-corrected chi connectivity index (χ3v) is 2.63. The molecular weight excluding hydrogens is 190 g/mol. The topological polar surface area (TPSA) is 57.0 Å². The molecule has 0 aliphatic heterocycles. The Labute approximate surface area is 88.7 Å². The summed E-state index contributed by atoms with van der Waals surface area (Å²) in [6.07, 6.45) is 0. The lowest BCUT2D eigenvalue weighted by molar-refractivity contribution is 0.505. The van der Waals surface area contributed by atoms with Crippen molar-refractivity contribution in [2.24, 2.45) is 7.05 Å². The molecule has 0 unspecified atom stereocenters. The predicted octanol–water partition coefficient (Wildman–Crippen LogP) is 2.19. The summed E-state index contributed by atoms with van der Waals surface area (Å²) in [6.45, 7) is 5.84. The Morgan fingerprint density at radius 2 is 2.00 bits per heavy atom. The monoisotopic (exact) mass is 205 g/mol. The third-order valence-electron chi connectivity index (χ3n) is 2.63. The minimum Gasteiger partial charge on any atom is -0.466 e. The Kier molecular flexibility index (Phi) is 2.07. The molecular formula is C11H15N3O. The van der Waals surface area contributed by atoms with Crippen molar-refractivity contribution in [1.29, 1.82) is 0 Å². The lowest BCUT2D eigenvalue weighted by Gasteiger charge is -1.94. The minimum atomic E-state index is 0.697. The number of nitrogens with zero attached hydrogens (tertiary/aromatic N) is 2. The second-order valence-corrected chi connectivity index (χ2v) is 3.81. The van der Waals surface area contributed by atoms with Gasteiger partial charge < -0.3 is 10.2 Å². The Bertz CT molecular complexity index is 508. The fourth-order valence-corrected chi connectivity index (χ4v) is 1.76. The molecule has 0 spiro atoms. The van der Waals surface area contributed by atoms with Crippen LogP contribution in [0, 0.1) is 20.8 Å². The molecule has 2 heterocycles. The molecule has 15 heavy (non-hydrogen) atoms. The van der Waals surface area contributed by atoms with Crippen molar-refractivity contribution in [1.82, 2.24) is 9.78 Å². The molecule has 2 rings (SSSR count). The molecule has 4 nitrogen and oxygen atoms in total. The first-order chi connectivity index (χ1) is 7.00. The Hall–Kier alpha value is -1.71. The van der Waals surface area contributed by atoms with Crippen LogP contribution in [0.5, 0.6) is 0 Å². The van der Waals surface area contributed by atoms with Crippen LogP contribution in [0.2, 0.25) is 0 Å². The predicted molar refractivity (Wildman–Crippen MR) is 59.5 cm³/mol. The number of nitrogens with two attached hydrogens (primary N) is 1. The Morgan fingerprint density at radius 3 is 2.40 bits per heavy atom. The van der Waals surface area contributed by atoms with Crippen LogP contribution in [-0.2, 0) is 7.05 Å². The maximum atomic E-state index is 5.87. The molecule has 0 atom stereocenters. The van der Waals surface area contributed by atoms with Gasteiger partial charge >= 0.3 is 0 Å². The molecule has 0 aromatic carbocycles. The van der Waals surface area contributed by atoms with Gasteiger partial charge in [0.05, 0.1) is 0 Å². The highest BCUT2D eigenvalue weighted by Crippen LogP contribution is 2.30. The van der Waals surface area contributed by atoms with Crippen LogP contribution >= 0.6 is 0 Å². The maximum absolute atomic E-state index is 5.87. The summed E-state index contributed by atoms with van der Waals surface area (Å²) < 4.78 is 7.17. The summed E-state index contributed by atoms with van der Waals surface area (Å²) in [5.41, 5.74) is 8.80. The van der Waals surface area contributed by atoms with E-state index in [9.17, 15) is 0 Å². The molecule has 0 aliphatic rings. The molecule has 0 fully saturated rings. The van der Waals surface area contributed by atoms with Gasteiger partial charge in [-0.25, -0.2) is 0 Å². The summed E-state index contributed by atoms with van der Waals surface area (Å²) in [4.78, 5) is 0. The molecule has 0 saturated carbocycles. The largest absolute Gasteiger partial charge is 0.466 e. The summed E-state index contributed by atoms with van der Waals surface area (Å²) in [5, 5.41) is 4.39. The highest BCUT2D eigenvalue weighted by atomic mass is 16.3. The van der Waals surface area contributed by atoms with E-state index >= 15 is 0 Å². The quantitative estimate of drug-likeness (QED) is 0.776. The second-order valence-electron chi connectivity index (χ2n) is 3.81. The first kappa shape index (κ1) is 9.83. The van der Waals surface area contributed by atoms with Crippen LogP contribution in [0.1, 0.15) is 17.1 Å². The Morgan fingerprint density at radius 1 is 1.33 bits per heavy atom. The van der Waals surface area contributed by atoms with E-state index in [4.69, 9.17) is 10.2 Å². The van der Waals surface area contributed by atoms with Crippen molar-refractivity contribution >= 4 is 5.82 Å². The van der Waals surface area contributed by atoms with Crippen LogP contribution in [0.4, 0.5) is 5.82 Å². The molecule has 0 amide bonds. The minimum absolute atomic E-state index is 0.697. The van der Waals surface area contributed by atoms with E-state index < -0.39 is 0 Å². The standard InChI is InChI=1S/C11H15N3O/c1-6-5-9(8(3)15-6)10-7(2)11(12)14(4)13-10/h5H,12H2,1-4H3. The lowest BCUT2D eigenvalue weighted by atomic mass is 10.1. The molecule has 2 aromatic heterocycles. The molecule has 0 radical (unpaired) electrons. The zero-order chi connectivity index (χ0) is 11.2. The number of nitrogen functional groups attached to an aromatic ring is 1. The van der Waals surface area contributed by atoms with Crippen LogP contribution in [0.15, 0.2) is 10.5 Å². The van der Waals surface area contributed by atoms with Gasteiger partial charge in [-0.1, -0.05) is 0 Å². The fraction of sp³-hybridized carbons (Fsp3) is 0.364. The normalized spacial score (nSPS) is 10.9. The van der Waals surface area contributed by atoms with Crippen molar-refractivity contribution < 1.29 is 4.42 Å². The van der Waals surface area contributed by atoms with E-state index in [1.807, 2.05) is 33.9 Å². The SMILES string of the molecule is Cc1cc(-c2nn(C)c(N)c2C)c(C)o1. The molecule has 0 saturated heterocycles. The highest BCUT2D eigenvalue weighted by Gasteiger charge is 2.15. The summed E-state index contributed by atoms with van der Waals surface area (Å²) >= 11 is 0. The maximum Gasteiger partial charge on any atom is 0.124 e. The summed E-state index contributed by atoms with van der Waals surface area (Å²) in [6, 6.07) is 1.99. The number of rotatable bonds is 1. The number of aromatic nitrogens is 2. The number of furan rings is 1. The number of hydrogen-bond acceptors (Lipinski definition) is 3. The third kappa shape index (κ3) is 1.42. The van der Waals surface area contributed by atoms with Gasteiger partial charge in [-0.15, -0.1) is 0 Å². The van der Waals surface area contributed by atoms with Crippen LogP contribution in [0.3, 0.4) is 0 Å². The highest BCUT2D eigenvalue weighted by molar-refractivity contribution is 5.69. The molecule has 4 heteroatoms. The van der Waals surface area contributed by atoms with Gasteiger partial charge in [0.15, 0.2) is 0 Å². The van der Waals surface area contributed by atoms with Crippen LogP contribution in [-0.4, -0.2) is 9.78 Å². The first-order valence-corrected chi connectivity index (χ1v) is 4.87. The van der Waals surface area contributed by atoms with Gasteiger partial charge in [-0.05, 0) is 26.8 Å². The molecule has 0 bridgehead atoms. The number of hydrogen-bond donors (Lipinski definition) is 1. The van der Waals surface area contributed by atoms with Crippen molar-refractivity contribution in [2.75, 3.05) is 5.73 Å². The average Bonchev–Trinajstić information content (AvgIpc) is 2.61. The van der Waals surface area contributed by atoms with E-state index in [1.165, 1.54) is 0 Å². The summed E-state index contributed by atoms with van der Waals surface area (Å²) in [7, 11) is 1.84. The smallest absolute Gasteiger partial charge is 0.124 e. The van der Waals surface area contributed by atoms with Crippen molar-refractivity contribution in [2.45, 2.75) is 20.8 Å². The van der Waals surface area contributed by atoms with E-state index in [0.717, 1.165) is 28.3 Å². The van der Waals surface area contributed by atoms with Crippen molar-refractivity contribution in [3.8, 4) is 11.3 Å². The van der Waals surface area contributed by atoms with Gasteiger partial charge in [-0.3, -0.25) is 4.68 Å². The average molecular weight is 205 g/mol. The molecule has 2 aromatic rings. The van der Waals surface area contributed by atoms with Gasteiger partial charge in [0, 0.05) is 18.2 Å². The number of anilines is 1. The van der Waals surface area contributed by atoms with Crippen molar-refractivity contribution in [3.63, 3.8) is 0 Å². The zero-order valence-corrected chi connectivity index (χ0v) is 9.46. The van der Waals surface area contributed by atoms with Gasteiger partial charge in [0.1, 0.15) is 23.0 Å². The number of aryl methyl sites for hydroxylation is 3. The lowest BCUT2D eigenvalue weighted by Crippen LogP contribution is -1.97. The molecule has 0 aliphatic carbocycles. The van der Waals surface area contributed by atoms with Crippen LogP contribution < -0.4 is 5.73 Å². The molecule has 80 valence electrons. The van der Waals surface area contributed by atoms with Gasteiger partial charge in [0.25, 0.3) is 0 Å². The van der Waals surface area contributed by atoms with E-state index in [1.54, 1.807) is 4.68 Å². The van der Waals surface area contributed by atoms with Gasteiger partial charge in [0.2, 0.25) is 0 Å². The van der Waals surface area contributed by atoms with Gasteiger partial charge in [-0.2, -0.15) is 5.10 Å². The van der Waals surface area contributed by atoms with Crippen molar-refractivity contribution in [3.05, 3.63) is 23.2 Å². The van der Waals surface area contributed by atoms with E-state index in [0.29, 0.717) is 5.82 Å². The summed E-state index contributed by atoms with van der Waals surface area (Å²) in [5.74, 6) is 2.48. The fourth-order valence-electron chi connectivity index (χ4n) is 1.76. The first-order valence-electron chi connectivity index (χ1n) is 4.87. The Balaban J connectivity index is 2.64. The molecule has 2 N–H and O–H groups in total. The van der Waals surface area contributed by atoms with Crippen LogP contribution in [0.25, 0.3) is 11.3 Å². The van der Waals surface area contributed by atoms with E-state index in [-0.39, 0.29) is 0 Å². The second kappa shape index (κ2) is 3.15. The van der Waals surface area contributed by atoms with E-state index in [2.05, 4.69) is 5.10 Å². The zero-order valence-electron chi connectivity index (χ0n) is 9.46.